The van der Waals surface area contributed by atoms with Gasteiger partial charge in [0.2, 0.25) is 0 Å². The molecule has 0 spiro atoms. The molecular formula is C20H19ClN2O. The minimum Gasteiger partial charge on any atom is -0.324 e. The highest BCUT2D eigenvalue weighted by atomic mass is 35.5. The van der Waals surface area contributed by atoms with E-state index in [9.17, 15) is 4.79 Å². The molecule has 122 valence electrons. The maximum Gasteiger partial charge on any atom is 0.255 e. The van der Waals surface area contributed by atoms with Crippen molar-refractivity contribution in [2.75, 3.05) is 5.32 Å². The Bertz CT molecular complexity index is 875. The van der Waals surface area contributed by atoms with Gasteiger partial charge in [-0.25, -0.2) is 0 Å². The van der Waals surface area contributed by atoms with Gasteiger partial charge in [0.1, 0.15) is 0 Å². The van der Waals surface area contributed by atoms with Crippen LogP contribution >= 0.6 is 11.6 Å². The van der Waals surface area contributed by atoms with Crippen LogP contribution in [0.25, 0.3) is 5.69 Å². The molecule has 24 heavy (non-hydrogen) atoms. The minimum atomic E-state index is -0.169. The smallest absolute Gasteiger partial charge is 0.255 e. The average Bonchev–Trinajstić information content (AvgIpc) is 3.05. The van der Waals surface area contributed by atoms with Gasteiger partial charge >= 0.3 is 0 Å². The molecule has 3 aromatic rings. The summed E-state index contributed by atoms with van der Waals surface area (Å²) < 4.78 is 2.00. The molecule has 3 rings (SSSR count). The highest BCUT2D eigenvalue weighted by molar-refractivity contribution is 6.34. The van der Waals surface area contributed by atoms with Crippen LogP contribution in [0.4, 0.5) is 5.69 Å². The van der Waals surface area contributed by atoms with E-state index in [1.165, 1.54) is 0 Å². The van der Waals surface area contributed by atoms with Crippen LogP contribution in [0.2, 0.25) is 5.02 Å². The predicted molar refractivity (Wildman–Crippen MR) is 99.4 cm³/mol. The Labute approximate surface area is 146 Å². The van der Waals surface area contributed by atoms with Crippen LogP contribution in [-0.2, 0) is 0 Å². The van der Waals surface area contributed by atoms with Crippen molar-refractivity contribution in [1.82, 2.24) is 4.57 Å². The molecule has 2 aromatic carbocycles. The van der Waals surface area contributed by atoms with Gasteiger partial charge in [-0.3, -0.25) is 4.79 Å². The van der Waals surface area contributed by atoms with Crippen molar-refractivity contribution < 1.29 is 4.79 Å². The van der Waals surface area contributed by atoms with Crippen molar-refractivity contribution >= 4 is 23.2 Å². The Morgan fingerprint density at radius 2 is 1.71 bits per heavy atom. The summed E-state index contributed by atoms with van der Waals surface area (Å²) in [5.74, 6) is -0.169. The Kier molecular flexibility index (Phi) is 4.45. The number of aromatic nitrogens is 1. The summed E-state index contributed by atoms with van der Waals surface area (Å²) in [6, 6.07) is 13.4. The van der Waals surface area contributed by atoms with Crippen LogP contribution in [-0.4, -0.2) is 10.5 Å². The number of benzene rings is 2. The van der Waals surface area contributed by atoms with E-state index in [0.29, 0.717) is 16.3 Å². The monoisotopic (exact) mass is 338 g/mol. The molecule has 3 nitrogen and oxygen atoms in total. The normalized spacial score (nSPS) is 10.7. The van der Waals surface area contributed by atoms with Gasteiger partial charge in [0.15, 0.2) is 0 Å². The van der Waals surface area contributed by atoms with Gasteiger partial charge in [-0.2, -0.15) is 0 Å². The maximum atomic E-state index is 12.7. The van der Waals surface area contributed by atoms with Gasteiger partial charge in [0, 0.05) is 23.6 Å². The zero-order valence-corrected chi connectivity index (χ0v) is 14.7. The lowest BCUT2D eigenvalue weighted by molar-refractivity contribution is 0.102. The van der Waals surface area contributed by atoms with Gasteiger partial charge in [-0.15, -0.1) is 0 Å². The van der Waals surface area contributed by atoms with Gasteiger partial charge in [0.05, 0.1) is 10.7 Å². The number of rotatable bonds is 3. The highest BCUT2D eigenvalue weighted by Crippen LogP contribution is 2.28. The van der Waals surface area contributed by atoms with Crippen molar-refractivity contribution in [2.24, 2.45) is 0 Å². The lowest BCUT2D eigenvalue weighted by Gasteiger charge is -2.13. The van der Waals surface area contributed by atoms with Crippen molar-refractivity contribution in [2.45, 2.75) is 20.8 Å². The zero-order valence-electron chi connectivity index (χ0n) is 13.9. The molecule has 0 unspecified atom stereocenters. The minimum absolute atomic E-state index is 0.169. The van der Waals surface area contributed by atoms with Crippen LogP contribution in [0.15, 0.2) is 54.9 Å². The van der Waals surface area contributed by atoms with Crippen molar-refractivity contribution in [3.63, 3.8) is 0 Å². The molecule has 0 saturated heterocycles. The first-order chi connectivity index (χ1) is 11.5. The van der Waals surface area contributed by atoms with E-state index in [0.717, 1.165) is 22.4 Å². The van der Waals surface area contributed by atoms with Crippen molar-refractivity contribution in [3.8, 4) is 5.69 Å². The van der Waals surface area contributed by atoms with Crippen LogP contribution < -0.4 is 5.32 Å². The van der Waals surface area contributed by atoms with E-state index in [2.05, 4.69) is 5.32 Å². The van der Waals surface area contributed by atoms with Crippen molar-refractivity contribution in [3.05, 3.63) is 82.1 Å². The zero-order chi connectivity index (χ0) is 17.3. The number of hydrogen-bond acceptors (Lipinski definition) is 1. The van der Waals surface area contributed by atoms with E-state index in [-0.39, 0.29) is 5.91 Å². The quantitative estimate of drug-likeness (QED) is 0.690. The number of anilines is 1. The summed E-state index contributed by atoms with van der Waals surface area (Å²) in [6.07, 6.45) is 3.93. The molecule has 0 bridgehead atoms. The van der Waals surface area contributed by atoms with Gasteiger partial charge in [-0.1, -0.05) is 23.7 Å². The number of halogens is 1. The van der Waals surface area contributed by atoms with E-state index >= 15 is 0 Å². The third kappa shape index (κ3) is 3.22. The predicted octanol–water partition coefficient (Wildman–Crippen LogP) is 5.31. The summed E-state index contributed by atoms with van der Waals surface area (Å²) in [7, 11) is 0. The number of nitrogens with zero attached hydrogens (tertiary/aromatic N) is 1. The van der Waals surface area contributed by atoms with E-state index in [4.69, 9.17) is 11.6 Å². The molecule has 1 amide bonds. The topological polar surface area (TPSA) is 34.0 Å². The lowest BCUT2D eigenvalue weighted by Crippen LogP contribution is -2.14. The summed E-state index contributed by atoms with van der Waals surface area (Å²) in [5.41, 5.74) is 5.37. The number of carbonyl (C=O) groups is 1. The Hall–Kier alpha value is -2.52. The first-order valence-corrected chi connectivity index (χ1v) is 8.15. The Balaban J connectivity index is 1.93. The molecule has 1 N–H and O–H groups in total. The fraction of sp³-hybridized carbons (Fsp3) is 0.150. The van der Waals surface area contributed by atoms with E-state index < -0.39 is 0 Å². The fourth-order valence-corrected chi connectivity index (χ4v) is 3.15. The molecular weight excluding hydrogens is 320 g/mol. The molecule has 0 aliphatic heterocycles. The maximum absolute atomic E-state index is 12.7. The van der Waals surface area contributed by atoms with Gasteiger partial charge < -0.3 is 9.88 Å². The van der Waals surface area contributed by atoms with E-state index in [1.54, 1.807) is 0 Å². The standard InChI is InChI=1S/C20H19ClN2O/c1-13-10-15(3)19(17(21)11-13)22-20(24)16-7-6-14(2)18(12-16)23-8-4-5-9-23/h4-12H,1-3H3,(H,22,24). The first kappa shape index (κ1) is 16.3. The summed E-state index contributed by atoms with van der Waals surface area (Å²) >= 11 is 6.29. The molecule has 0 fully saturated rings. The highest BCUT2D eigenvalue weighted by Gasteiger charge is 2.13. The van der Waals surface area contributed by atoms with Gasteiger partial charge in [-0.05, 0) is 67.8 Å². The molecule has 0 aliphatic carbocycles. The van der Waals surface area contributed by atoms with Crippen LogP contribution in [0.5, 0.6) is 0 Å². The van der Waals surface area contributed by atoms with Gasteiger partial charge in [0.25, 0.3) is 5.91 Å². The third-order valence-corrected chi connectivity index (χ3v) is 4.32. The largest absolute Gasteiger partial charge is 0.324 e. The molecule has 0 aliphatic rings. The molecule has 1 heterocycles. The number of amides is 1. The van der Waals surface area contributed by atoms with Crippen molar-refractivity contribution in [1.29, 1.82) is 0 Å². The number of nitrogens with one attached hydrogen (secondary N) is 1. The fourth-order valence-electron chi connectivity index (χ4n) is 2.78. The van der Waals surface area contributed by atoms with Crippen LogP contribution in [0.3, 0.4) is 0 Å². The lowest BCUT2D eigenvalue weighted by atomic mass is 10.1. The molecule has 0 radical (unpaired) electrons. The SMILES string of the molecule is Cc1cc(C)c(NC(=O)c2ccc(C)c(-n3cccc3)c2)c(Cl)c1. The second kappa shape index (κ2) is 6.54. The first-order valence-electron chi connectivity index (χ1n) is 7.78. The Morgan fingerprint density at radius 3 is 2.38 bits per heavy atom. The number of aryl methyl sites for hydroxylation is 3. The van der Waals surface area contributed by atoms with E-state index in [1.807, 2.05) is 80.2 Å². The van der Waals surface area contributed by atoms with Crippen LogP contribution in [0, 0.1) is 20.8 Å². The molecule has 4 heteroatoms. The third-order valence-electron chi connectivity index (χ3n) is 4.02. The average molecular weight is 339 g/mol. The Morgan fingerprint density at radius 1 is 1.00 bits per heavy atom. The second-order valence-electron chi connectivity index (χ2n) is 5.98. The molecule has 0 saturated carbocycles. The molecule has 1 aromatic heterocycles. The number of hydrogen-bond donors (Lipinski definition) is 1. The summed E-state index contributed by atoms with van der Waals surface area (Å²) in [6.45, 7) is 5.95. The number of carbonyl (C=O) groups excluding carboxylic acids is 1. The summed E-state index contributed by atoms with van der Waals surface area (Å²) in [5, 5.41) is 3.49. The second-order valence-corrected chi connectivity index (χ2v) is 6.39. The summed E-state index contributed by atoms with van der Waals surface area (Å²) in [4.78, 5) is 12.7. The van der Waals surface area contributed by atoms with Crippen LogP contribution in [0.1, 0.15) is 27.0 Å². The molecule has 0 atom stereocenters.